The van der Waals surface area contributed by atoms with Gasteiger partial charge in [0.05, 0.1) is 13.7 Å². The number of carbonyl (C=O) groups is 1. The predicted molar refractivity (Wildman–Crippen MR) is 127 cm³/mol. The number of nitrogens with one attached hydrogen (secondary N) is 2. The first-order valence-corrected chi connectivity index (χ1v) is 10.3. The third kappa shape index (κ3) is 9.94. The molecule has 0 unspecified atom stereocenters. The summed E-state index contributed by atoms with van der Waals surface area (Å²) in [4.78, 5) is 12.0. The second-order valence-corrected chi connectivity index (χ2v) is 8.08. The number of rotatable bonds is 11. The largest absolute Gasteiger partial charge is 0.497 e. The highest BCUT2D eigenvalue weighted by Crippen LogP contribution is 2.28. The van der Waals surface area contributed by atoms with E-state index in [-0.39, 0.29) is 30.5 Å². The van der Waals surface area contributed by atoms with Crippen molar-refractivity contribution in [2.45, 2.75) is 46.2 Å². The minimum atomic E-state index is -0.287. The van der Waals surface area contributed by atoms with Crippen molar-refractivity contribution in [3.63, 3.8) is 0 Å². The normalized spacial score (nSPS) is 10.7. The first-order chi connectivity index (χ1) is 14.3. The predicted octanol–water partition coefficient (Wildman–Crippen LogP) is 4.14. The third-order valence-corrected chi connectivity index (χ3v) is 4.26. The van der Waals surface area contributed by atoms with Crippen molar-refractivity contribution in [1.29, 1.82) is 0 Å². The first-order valence-electron chi connectivity index (χ1n) is 10.3. The molecule has 6 nitrogen and oxygen atoms in total. The zero-order chi connectivity index (χ0) is 22.0. The Morgan fingerprint density at radius 1 is 0.968 bits per heavy atom. The molecule has 0 saturated heterocycles. The summed E-state index contributed by atoms with van der Waals surface area (Å²) < 4.78 is 16.6. The Hall–Kier alpha value is -2.44. The number of halogens is 1. The quantitative estimate of drug-likeness (QED) is 0.503. The van der Waals surface area contributed by atoms with Gasteiger partial charge in [-0.15, -0.1) is 12.4 Å². The van der Waals surface area contributed by atoms with Crippen LogP contribution >= 0.6 is 12.4 Å². The maximum absolute atomic E-state index is 12.0. The van der Waals surface area contributed by atoms with Gasteiger partial charge in [-0.25, -0.2) is 0 Å². The van der Waals surface area contributed by atoms with Gasteiger partial charge in [0.25, 0.3) is 5.91 Å². The average molecular weight is 451 g/mol. The number of hydrogen-bond donors (Lipinski definition) is 2. The van der Waals surface area contributed by atoms with Crippen LogP contribution in [0.15, 0.2) is 42.5 Å². The lowest BCUT2D eigenvalue weighted by Gasteiger charge is -2.21. The van der Waals surface area contributed by atoms with E-state index in [2.05, 4.69) is 22.8 Å². The molecule has 0 saturated carbocycles. The van der Waals surface area contributed by atoms with Crippen LogP contribution in [0.3, 0.4) is 0 Å². The summed E-state index contributed by atoms with van der Waals surface area (Å²) in [5.74, 6) is 1.93. The van der Waals surface area contributed by atoms with Crippen molar-refractivity contribution in [1.82, 2.24) is 10.6 Å². The SMILES string of the molecule is CCOc1cc(CNCCc2ccc(OC)cc2)ccc1OCC(=O)NC(C)(C)C.Cl. The van der Waals surface area contributed by atoms with Crippen molar-refractivity contribution in [3.8, 4) is 17.2 Å². The molecule has 0 fully saturated rings. The second-order valence-electron chi connectivity index (χ2n) is 8.08. The van der Waals surface area contributed by atoms with Gasteiger partial charge in [-0.3, -0.25) is 4.79 Å². The number of amides is 1. The fourth-order valence-corrected chi connectivity index (χ4v) is 2.91. The minimum absolute atomic E-state index is 0. The average Bonchev–Trinajstić information content (AvgIpc) is 2.70. The molecular formula is C24H35ClN2O4. The molecule has 0 radical (unpaired) electrons. The molecule has 0 atom stereocenters. The molecule has 0 spiro atoms. The van der Waals surface area contributed by atoms with E-state index < -0.39 is 0 Å². The van der Waals surface area contributed by atoms with Gasteiger partial charge in [0.1, 0.15) is 5.75 Å². The van der Waals surface area contributed by atoms with Gasteiger partial charge >= 0.3 is 0 Å². The fourth-order valence-electron chi connectivity index (χ4n) is 2.91. The lowest BCUT2D eigenvalue weighted by molar-refractivity contribution is -0.124. The van der Waals surface area contributed by atoms with E-state index in [1.807, 2.05) is 58.0 Å². The highest BCUT2D eigenvalue weighted by atomic mass is 35.5. The Morgan fingerprint density at radius 2 is 1.65 bits per heavy atom. The lowest BCUT2D eigenvalue weighted by atomic mass is 10.1. The Labute approximate surface area is 192 Å². The second kappa shape index (κ2) is 13.1. The highest BCUT2D eigenvalue weighted by molar-refractivity contribution is 5.85. The van der Waals surface area contributed by atoms with Crippen molar-refractivity contribution < 1.29 is 19.0 Å². The molecule has 172 valence electrons. The molecule has 0 aliphatic rings. The number of methoxy groups -OCH3 is 1. The monoisotopic (exact) mass is 450 g/mol. The summed E-state index contributed by atoms with van der Waals surface area (Å²) in [6.45, 7) is 9.81. The molecular weight excluding hydrogens is 416 g/mol. The van der Waals surface area contributed by atoms with E-state index in [0.29, 0.717) is 18.1 Å². The molecule has 0 aliphatic carbocycles. The van der Waals surface area contributed by atoms with Gasteiger partial charge in [-0.05, 0) is 76.1 Å². The van der Waals surface area contributed by atoms with E-state index in [4.69, 9.17) is 14.2 Å². The Morgan fingerprint density at radius 3 is 2.26 bits per heavy atom. The van der Waals surface area contributed by atoms with Crippen molar-refractivity contribution in [2.75, 3.05) is 26.9 Å². The zero-order valence-corrected chi connectivity index (χ0v) is 19.9. The molecule has 0 aliphatic heterocycles. The van der Waals surface area contributed by atoms with Crippen LogP contribution in [0.5, 0.6) is 17.2 Å². The molecule has 2 N–H and O–H groups in total. The zero-order valence-electron chi connectivity index (χ0n) is 19.1. The molecule has 0 bridgehead atoms. The van der Waals surface area contributed by atoms with E-state index in [1.54, 1.807) is 7.11 Å². The summed E-state index contributed by atoms with van der Waals surface area (Å²) >= 11 is 0. The Balaban J connectivity index is 0.00000480. The molecule has 0 aromatic heterocycles. The fraction of sp³-hybridized carbons (Fsp3) is 0.458. The van der Waals surface area contributed by atoms with E-state index in [9.17, 15) is 4.79 Å². The van der Waals surface area contributed by atoms with E-state index in [1.165, 1.54) is 5.56 Å². The van der Waals surface area contributed by atoms with Gasteiger partial charge in [0.2, 0.25) is 0 Å². The summed E-state index contributed by atoms with van der Waals surface area (Å²) in [5.41, 5.74) is 2.07. The lowest BCUT2D eigenvalue weighted by Crippen LogP contribution is -2.43. The summed E-state index contributed by atoms with van der Waals surface area (Å²) in [5, 5.41) is 6.34. The van der Waals surface area contributed by atoms with Crippen LogP contribution in [0.4, 0.5) is 0 Å². The molecule has 1 amide bonds. The van der Waals surface area contributed by atoms with Gasteiger partial charge in [0.15, 0.2) is 18.1 Å². The molecule has 2 aromatic carbocycles. The topological polar surface area (TPSA) is 68.8 Å². The third-order valence-electron chi connectivity index (χ3n) is 4.26. The molecule has 2 aromatic rings. The Kier molecular flexibility index (Phi) is 11.2. The highest BCUT2D eigenvalue weighted by Gasteiger charge is 2.15. The molecule has 2 rings (SSSR count). The van der Waals surface area contributed by atoms with Gasteiger partial charge < -0.3 is 24.8 Å². The van der Waals surface area contributed by atoms with Crippen molar-refractivity contribution in [2.24, 2.45) is 0 Å². The Bertz CT molecular complexity index is 804. The standard InChI is InChI=1S/C24H34N2O4.ClH/c1-6-29-22-15-19(9-12-21(22)30-17-23(27)26-24(2,3)4)16-25-14-13-18-7-10-20(28-5)11-8-18;/h7-12,15,25H,6,13-14,16-17H2,1-5H3,(H,26,27);1H. The summed E-state index contributed by atoms with van der Waals surface area (Å²) in [6.07, 6.45) is 0.937. The van der Waals surface area contributed by atoms with Gasteiger partial charge in [-0.1, -0.05) is 18.2 Å². The number of carbonyl (C=O) groups excluding carboxylic acids is 1. The van der Waals surface area contributed by atoms with Crippen LogP contribution < -0.4 is 24.8 Å². The smallest absolute Gasteiger partial charge is 0.258 e. The summed E-state index contributed by atoms with van der Waals surface area (Å²) in [6, 6.07) is 13.9. The van der Waals surface area contributed by atoms with Crippen LogP contribution in [0, 0.1) is 0 Å². The minimum Gasteiger partial charge on any atom is -0.497 e. The van der Waals surface area contributed by atoms with Crippen LogP contribution in [-0.4, -0.2) is 38.3 Å². The van der Waals surface area contributed by atoms with Crippen LogP contribution in [0.1, 0.15) is 38.8 Å². The molecule has 0 heterocycles. The maximum atomic E-state index is 12.0. The molecule has 7 heteroatoms. The van der Waals surface area contributed by atoms with E-state index in [0.717, 1.165) is 30.8 Å². The van der Waals surface area contributed by atoms with Gasteiger partial charge in [0, 0.05) is 12.1 Å². The number of hydrogen-bond acceptors (Lipinski definition) is 5. The first kappa shape index (κ1) is 26.6. The molecule has 31 heavy (non-hydrogen) atoms. The van der Waals surface area contributed by atoms with Crippen LogP contribution in [-0.2, 0) is 17.8 Å². The summed E-state index contributed by atoms with van der Waals surface area (Å²) in [7, 11) is 1.67. The van der Waals surface area contributed by atoms with Crippen LogP contribution in [0.2, 0.25) is 0 Å². The number of ether oxygens (including phenoxy) is 3. The van der Waals surface area contributed by atoms with Crippen molar-refractivity contribution >= 4 is 18.3 Å². The number of benzene rings is 2. The van der Waals surface area contributed by atoms with Gasteiger partial charge in [-0.2, -0.15) is 0 Å². The maximum Gasteiger partial charge on any atom is 0.258 e. The van der Waals surface area contributed by atoms with Crippen LogP contribution in [0.25, 0.3) is 0 Å². The van der Waals surface area contributed by atoms with E-state index >= 15 is 0 Å². The van der Waals surface area contributed by atoms with Crippen molar-refractivity contribution in [3.05, 3.63) is 53.6 Å².